The van der Waals surface area contributed by atoms with Gasteiger partial charge in [0.05, 0.1) is 9.85 Å². The average molecular weight is 360 g/mol. The van der Waals surface area contributed by atoms with Crippen molar-refractivity contribution in [2.24, 2.45) is 0 Å². The predicted molar refractivity (Wildman–Crippen MR) is 83.5 cm³/mol. The highest BCUT2D eigenvalue weighted by molar-refractivity contribution is 6.11. The van der Waals surface area contributed by atoms with Gasteiger partial charge in [-0.05, 0) is 24.3 Å². The SMILES string of the molecule is O=C(c1ccc(C(=O)O)c([N+](=O)[O-])c1)c1ccc(C(=O)O)c([N+](=O)[O-])c1. The summed E-state index contributed by atoms with van der Waals surface area (Å²) in [5.74, 6) is -3.99. The second-order valence-corrected chi connectivity index (χ2v) is 4.92. The maximum Gasteiger partial charge on any atom is 0.342 e. The number of benzene rings is 2. The first-order valence-electron chi connectivity index (χ1n) is 6.71. The van der Waals surface area contributed by atoms with Crippen molar-refractivity contribution in [3.05, 3.63) is 78.9 Å². The zero-order valence-electron chi connectivity index (χ0n) is 12.6. The Bertz CT molecular complexity index is 904. The van der Waals surface area contributed by atoms with E-state index in [9.17, 15) is 34.6 Å². The van der Waals surface area contributed by atoms with Crippen LogP contribution in [0, 0.1) is 20.2 Å². The summed E-state index contributed by atoms with van der Waals surface area (Å²) in [6.07, 6.45) is 0. The van der Waals surface area contributed by atoms with Crippen molar-refractivity contribution in [1.82, 2.24) is 0 Å². The Morgan fingerprint density at radius 3 is 1.35 bits per heavy atom. The first kappa shape index (κ1) is 18.2. The molecule has 0 aromatic heterocycles. The van der Waals surface area contributed by atoms with Crippen LogP contribution in [-0.2, 0) is 0 Å². The molecule has 0 saturated heterocycles. The molecule has 0 spiro atoms. The molecule has 0 atom stereocenters. The number of carboxylic acids is 2. The smallest absolute Gasteiger partial charge is 0.342 e. The predicted octanol–water partition coefficient (Wildman–Crippen LogP) is 2.13. The van der Waals surface area contributed by atoms with Crippen LogP contribution in [0.5, 0.6) is 0 Å². The van der Waals surface area contributed by atoms with Gasteiger partial charge < -0.3 is 10.2 Å². The van der Waals surface area contributed by atoms with Crippen molar-refractivity contribution >= 4 is 29.1 Å². The summed E-state index contributed by atoms with van der Waals surface area (Å²) in [7, 11) is 0. The molecule has 0 radical (unpaired) electrons. The molecule has 0 amide bonds. The minimum absolute atomic E-state index is 0.279. The van der Waals surface area contributed by atoms with Crippen LogP contribution in [0.15, 0.2) is 36.4 Å². The second-order valence-electron chi connectivity index (χ2n) is 4.92. The summed E-state index contributed by atoms with van der Waals surface area (Å²) >= 11 is 0. The standard InChI is InChI=1S/C15H8N2O9/c18-13(7-1-3-9(14(19)20)11(5-7)16(23)24)8-2-4-10(15(21)22)12(6-8)17(25)26/h1-6H,(H,19,20)(H,21,22). The van der Waals surface area contributed by atoms with Crippen LogP contribution in [0.25, 0.3) is 0 Å². The van der Waals surface area contributed by atoms with Crippen molar-refractivity contribution in [1.29, 1.82) is 0 Å². The number of carbonyl (C=O) groups excluding carboxylic acids is 1. The number of nitro groups is 2. The lowest BCUT2D eigenvalue weighted by Crippen LogP contribution is -2.09. The van der Waals surface area contributed by atoms with Gasteiger partial charge >= 0.3 is 11.9 Å². The highest BCUT2D eigenvalue weighted by atomic mass is 16.6. The Hall–Kier alpha value is -4.15. The monoisotopic (exact) mass is 360 g/mol. The largest absolute Gasteiger partial charge is 0.477 e. The molecule has 2 aromatic rings. The number of hydrogen-bond donors (Lipinski definition) is 2. The lowest BCUT2D eigenvalue weighted by atomic mass is 9.99. The van der Waals surface area contributed by atoms with Crippen LogP contribution in [0.3, 0.4) is 0 Å². The van der Waals surface area contributed by atoms with Gasteiger partial charge in [0.25, 0.3) is 11.4 Å². The maximum absolute atomic E-state index is 12.4. The molecule has 0 saturated carbocycles. The van der Waals surface area contributed by atoms with Crippen molar-refractivity contribution in [3.63, 3.8) is 0 Å². The summed E-state index contributed by atoms with van der Waals surface area (Å²) in [5.41, 5.74) is -3.45. The van der Waals surface area contributed by atoms with Gasteiger partial charge in [0.15, 0.2) is 5.78 Å². The molecule has 0 aliphatic carbocycles. The van der Waals surface area contributed by atoms with Gasteiger partial charge in [-0.1, -0.05) is 0 Å². The van der Waals surface area contributed by atoms with Gasteiger partial charge in [-0.2, -0.15) is 0 Å². The summed E-state index contributed by atoms with van der Waals surface area (Å²) < 4.78 is 0. The Labute approximate surface area is 143 Å². The lowest BCUT2D eigenvalue weighted by molar-refractivity contribution is -0.385. The number of aromatic carboxylic acids is 2. The fraction of sp³-hybridized carbons (Fsp3) is 0. The molecular formula is C15H8N2O9. The molecule has 0 unspecified atom stereocenters. The third-order valence-electron chi connectivity index (χ3n) is 3.37. The summed E-state index contributed by atoms with van der Waals surface area (Å²) in [5, 5.41) is 39.8. The minimum atomic E-state index is -1.56. The van der Waals surface area contributed by atoms with Crippen LogP contribution < -0.4 is 0 Å². The molecule has 11 nitrogen and oxygen atoms in total. The molecule has 2 N–H and O–H groups in total. The molecule has 2 rings (SSSR count). The molecule has 0 aliphatic heterocycles. The summed E-state index contributed by atoms with van der Waals surface area (Å²) in [6.45, 7) is 0. The van der Waals surface area contributed by atoms with Crippen LogP contribution in [0.2, 0.25) is 0 Å². The van der Waals surface area contributed by atoms with Gasteiger partial charge in [-0.25, -0.2) is 9.59 Å². The van der Waals surface area contributed by atoms with E-state index in [1.165, 1.54) is 0 Å². The molecule has 132 valence electrons. The highest BCUT2D eigenvalue weighted by Crippen LogP contribution is 2.25. The zero-order chi connectivity index (χ0) is 19.6. The van der Waals surface area contributed by atoms with Gasteiger partial charge in [0.2, 0.25) is 0 Å². The van der Waals surface area contributed by atoms with Crippen molar-refractivity contribution < 1.29 is 34.4 Å². The number of ketones is 1. The maximum atomic E-state index is 12.4. The van der Waals surface area contributed by atoms with Crippen molar-refractivity contribution in [3.8, 4) is 0 Å². The van der Waals surface area contributed by atoms with E-state index in [0.29, 0.717) is 0 Å². The lowest BCUT2D eigenvalue weighted by Gasteiger charge is -2.05. The number of hydrogen-bond acceptors (Lipinski definition) is 7. The number of nitro benzene ring substituents is 2. The summed E-state index contributed by atoms with van der Waals surface area (Å²) in [6, 6.07) is 5.26. The molecule has 0 aliphatic rings. The van der Waals surface area contributed by atoms with E-state index in [1.807, 2.05) is 0 Å². The van der Waals surface area contributed by atoms with Crippen LogP contribution >= 0.6 is 0 Å². The van der Waals surface area contributed by atoms with Gasteiger partial charge in [-0.15, -0.1) is 0 Å². The Morgan fingerprint density at radius 2 is 1.08 bits per heavy atom. The first-order chi connectivity index (χ1) is 12.1. The van der Waals surface area contributed by atoms with Crippen molar-refractivity contribution in [2.75, 3.05) is 0 Å². The molecule has 0 heterocycles. The quantitative estimate of drug-likeness (QED) is 0.443. The van der Waals surface area contributed by atoms with Crippen LogP contribution in [-0.4, -0.2) is 37.8 Å². The molecule has 0 fully saturated rings. The Morgan fingerprint density at radius 1 is 0.731 bits per heavy atom. The van der Waals surface area contributed by atoms with E-state index in [0.717, 1.165) is 36.4 Å². The first-order valence-corrected chi connectivity index (χ1v) is 6.71. The molecule has 26 heavy (non-hydrogen) atoms. The van der Waals surface area contributed by atoms with Gasteiger partial charge in [0, 0.05) is 23.3 Å². The van der Waals surface area contributed by atoms with E-state index in [-0.39, 0.29) is 11.1 Å². The Kier molecular flexibility index (Phi) is 4.73. The number of carbonyl (C=O) groups is 3. The molecule has 11 heteroatoms. The normalized spacial score (nSPS) is 10.2. The topological polar surface area (TPSA) is 178 Å². The molecule has 0 bridgehead atoms. The van der Waals surface area contributed by atoms with E-state index in [2.05, 4.69) is 0 Å². The third kappa shape index (κ3) is 3.36. The average Bonchev–Trinajstić information content (AvgIpc) is 2.59. The molecule has 2 aromatic carbocycles. The fourth-order valence-corrected chi connectivity index (χ4v) is 2.18. The number of carboxylic acid groups (broad SMARTS) is 2. The van der Waals surface area contributed by atoms with Gasteiger partial charge in [-0.3, -0.25) is 25.0 Å². The third-order valence-corrected chi connectivity index (χ3v) is 3.37. The number of rotatable bonds is 6. The van der Waals surface area contributed by atoms with Gasteiger partial charge in [0.1, 0.15) is 11.1 Å². The second kappa shape index (κ2) is 6.76. The van der Waals surface area contributed by atoms with E-state index >= 15 is 0 Å². The van der Waals surface area contributed by atoms with Crippen LogP contribution in [0.1, 0.15) is 36.6 Å². The number of nitrogens with zero attached hydrogens (tertiary/aromatic N) is 2. The Balaban J connectivity index is 2.56. The van der Waals surface area contributed by atoms with E-state index in [4.69, 9.17) is 10.2 Å². The van der Waals surface area contributed by atoms with Crippen LogP contribution in [0.4, 0.5) is 11.4 Å². The highest BCUT2D eigenvalue weighted by Gasteiger charge is 2.25. The van der Waals surface area contributed by atoms with E-state index < -0.39 is 50.1 Å². The minimum Gasteiger partial charge on any atom is -0.477 e. The molecular weight excluding hydrogens is 352 g/mol. The van der Waals surface area contributed by atoms with Crippen molar-refractivity contribution in [2.45, 2.75) is 0 Å². The van der Waals surface area contributed by atoms with E-state index in [1.54, 1.807) is 0 Å². The fourth-order valence-electron chi connectivity index (χ4n) is 2.18. The summed E-state index contributed by atoms with van der Waals surface area (Å²) in [4.78, 5) is 54.4. The zero-order valence-corrected chi connectivity index (χ0v) is 12.6.